The average Bonchev–Trinajstić information content (AvgIpc) is 2.71. The predicted octanol–water partition coefficient (Wildman–Crippen LogP) is 3.03. The first-order valence-electron chi connectivity index (χ1n) is 5.64. The van der Waals surface area contributed by atoms with E-state index in [1.807, 2.05) is 13.0 Å². The Morgan fingerprint density at radius 3 is 2.94 bits per heavy atom. The maximum atomic E-state index is 13.0. The number of carbonyl (C=O) groups excluding carboxylic acids is 1. The number of alkyl halides is 1. The molecular formula is C12H13BrFN3O. The lowest BCUT2D eigenvalue weighted by Gasteiger charge is -2.18. The zero-order chi connectivity index (χ0) is 13.3. The second-order valence-electron chi connectivity index (χ2n) is 4.20. The monoisotopic (exact) mass is 313 g/mol. The van der Waals surface area contributed by atoms with Gasteiger partial charge >= 0.3 is 0 Å². The van der Waals surface area contributed by atoms with Crippen molar-refractivity contribution in [3.63, 3.8) is 0 Å². The first kappa shape index (κ1) is 13.1. The van der Waals surface area contributed by atoms with Gasteiger partial charge in [0.25, 0.3) is 0 Å². The summed E-state index contributed by atoms with van der Waals surface area (Å²) in [5.74, 6) is 0.148. The molecule has 0 fully saturated rings. The summed E-state index contributed by atoms with van der Waals surface area (Å²) in [6.45, 7) is 3.35. The molecule has 1 aromatic heterocycles. The molecule has 0 saturated carbocycles. The highest BCUT2D eigenvalue weighted by atomic mass is 79.9. The fourth-order valence-corrected chi connectivity index (χ4v) is 2.21. The zero-order valence-corrected chi connectivity index (χ0v) is 11.7. The van der Waals surface area contributed by atoms with Gasteiger partial charge in [-0.3, -0.25) is 4.79 Å². The van der Waals surface area contributed by atoms with Crippen LogP contribution in [-0.4, -0.2) is 26.7 Å². The lowest BCUT2D eigenvalue weighted by molar-refractivity contribution is 0.0997. The van der Waals surface area contributed by atoms with E-state index in [1.54, 1.807) is 10.8 Å². The summed E-state index contributed by atoms with van der Waals surface area (Å²) in [6.07, 6.45) is 4.52. The van der Waals surface area contributed by atoms with Crippen molar-refractivity contribution in [2.24, 2.45) is 0 Å². The summed E-state index contributed by atoms with van der Waals surface area (Å²) >= 11 is 3.16. The summed E-state index contributed by atoms with van der Waals surface area (Å²) in [5, 5.41) is 4.16. The molecule has 0 aliphatic heterocycles. The van der Waals surface area contributed by atoms with Gasteiger partial charge in [-0.1, -0.05) is 18.2 Å². The smallest absolute Gasteiger partial charge is 0.217 e. The van der Waals surface area contributed by atoms with Gasteiger partial charge in [0.2, 0.25) is 4.73 Å². The molecule has 0 amide bonds. The normalized spacial score (nSPS) is 20.7. The molecule has 0 saturated heterocycles. The molecule has 0 spiro atoms. The van der Waals surface area contributed by atoms with Crippen LogP contribution in [0.3, 0.4) is 0 Å². The van der Waals surface area contributed by atoms with Crippen molar-refractivity contribution in [1.82, 2.24) is 14.8 Å². The third-order valence-corrected chi connectivity index (χ3v) is 3.18. The quantitative estimate of drug-likeness (QED) is 0.806. The molecule has 6 heteroatoms. The second-order valence-corrected chi connectivity index (χ2v) is 4.91. The average molecular weight is 314 g/mol. The first-order valence-corrected chi connectivity index (χ1v) is 6.43. The molecule has 96 valence electrons. The van der Waals surface area contributed by atoms with Crippen molar-refractivity contribution < 1.29 is 9.18 Å². The number of ketones is 1. The van der Waals surface area contributed by atoms with Crippen molar-refractivity contribution in [1.29, 1.82) is 0 Å². The van der Waals surface area contributed by atoms with E-state index in [9.17, 15) is 9.18 Å². The molecule has 1 aliphatic rings. The van der Waals surface area contributed by atoms with Crippen molar-refractivity contribution in [2.45, 2.75) is 32.5 Å². The van der Waals surface area contributed by atoms with Crippen LogP contribution in [0.1, 0.15) is 36.9 Å². The van der Waals surface area contributed by atoms with Crippen LogP contribution in [0.15, 0.2) is 28.5 Å². The summed E-state index contributed by atoms with van der Waals surface area (Å²) < 4.78 is 14.9. The summed E-state index contributed by atoms with van der Waals surface area (Å²) in [5.41, 5.74) is 0.934. The van der Waals surface area contributed by atoms with Crippen LogP contribution < -0.4 is 0 Å². The van der Waals surface area contributed by atoms with Gasteiger partial charge < -0.3 is 0 Å². The van der Waals surface area contributed by atoms with E-state index in [1.165, 1.54) is 13.0 Å². The lowest BCUT2D eigenvalue weighted by atomic mass is 10.0. The van der Waals surface area contributed by atoms with Gasteiger partial charge in [0, 0.05) is 13.3 Å². The molecule has 0 aromatic carbocycles. The molecule has 1 aromatic rings. The minimum atomic E-state index is -0.921. The molecule has 1 heterocycles. The Labute approximate surface area is 113 Å². The van der Waals surface area contributed by atoms with Crippen LogP contribution in [0.25, 0.3) is 0 Å². The summed E-state index contributed by atoms with van der Waals surface area (Å²) in [6, 6.07) is -0.147. The van der Waals surface area contributed by atoms with Crippen molar-refractivity contribution >= 4 is 21.7 Å². The second kappa shape index (κ2) is 5.14. The van der Waals surface area contributed by atoms with Crippen LogP contribution in [0, 0.1) is 0 Å². The number of nitrogens with zero attached hydrogens (tertiary/aromatic N) is 3. The van der Waals surface area contributed by atoms with Crippen molar-refractivity contribution in [3.05, 3.63) is 34.4 Å². The summed E-state index contributed by atoms with van der Waals surface area (Å²) in [7, 11) is 0. The molecule has 2 rings (SSSR count). The minimum Gasteiger partial charge on any atom is -0.291 e. The molecule has 1 aliphatic carbocycles. The van der Waals surface area contributed by atoms with Crippen molar-refractivity contribution in [3.8, 4) is 0 Å². The van der Waals surface area contributed by atoms with Crippen LogP contribution in [0.5, 0.6) is 0 Å². The van der Waals surface area contributed by atoms with Crippen LogP contribution in [0.2, 0.25) is 0 Å². The van der Waals surface area contributed by atoms with Crippen LogP contribution in [0.4, 0.5) is 4.39 Å². The molecular weight excluding hydrogens is 301 g/mol. The van der Waals surface area contributed by atoms with E-state index in [4.69, 9.17) is 0 Å². The minimum absolute atomic E-state index is 0.147. The Balaban J connectivity index is 2.32. The highest BCUT2D eigenvalue weighted by molar-refractivity contribution is 9.10. The topological polar surface area (TPSA) is 47.8 Å². The van der Waals surface area contributed by atoms with E-state index in [-0.39, 0.29) is 11.8 Å². The maximum absolute atomic E-state index is 13.0. The van der Waals surface area contributed by atoms with Gasteiger partial charge in [-0.15, -0.1) is 5.10 Å². The molecule has 4 nitrogen and oxygen atoms in total. The van der Waals surface area contributed by atoms with Gasteiger partial charge in [-0.05, 0) is 28.4 Å². The van der Waals surface area contributed by atoms with E-state index in [0.717, 1.165) is 5.57 Å². The number of allylic oxidation sites excluding steroid dienone is 4. The van der Waals surface area contributed by atoms with Gasteiger partial charge in [0.15, 0.2) is 11.6 Å². The molecule has 18 heavy (non-hydrogen) atoms. The number of Topliss-reactive ketones (excluding diaryl/α,β-unsaturated/α-hetero) is 1. The molecule has 0 bridgehead atoms. The highest BCUT2D eigenvalue weighted by Crippen LogP contribution is 2.25. The van der Waals surface area contributed by atoms with Gasteiger partial charge in [-0.25, -0.2) is 9.07 Å². The zero-order valence-electron chi connectivity index (χ0n) is 10.1. The fourth-order valence-electron chi connectivity index (χ4n) is 1.87. The Kier molecular flexibility index (Phi) is 3.75. The third kappa shape index (κ3) is 2.58. The summed E-state index contributed by atoms with van der Waals surface area (Å²) in [4.78, 5) is 15.5. The Bertz CT molecular complexity index is 535. The highest BCUT2D eigenvalue weighted by Gasteiger charge is 2.20. The van der Waals surface area contributed by atoms with E-state index in [0.29, 0.717) is 17.0 Å². The van der Waals surface area contributed by atoms with E-state index in [2.05, 4.69) is 26.0 Å². The number of rotatable bonds is 3. The SMILES string of the molecule is CC(=O)c1nc(Br)nn1C(C)C1=CCC(F)C=C1. The Hall–Kier alpha value is -1.30. The largest absolute Gasteiger partial charge is 0.291 e. The third-order valence-electron chi connectivity index (χ3n) is 2.85. The number of hydrogen-bond donors (Lipinski definition) is 0. The van der Waals surface area contributed by atoms with Gasteiger partial charge in [0.1, 0.15) is 6.17 Å². The maximum Gasteiger partial charge on any atom is 0.217 e. The lowest BCUT2D eigenvalue weighted by Crippen LogP contribution is -2.16. The molecule has 0 N–H and O–H groups in total. The number of aromatic nitrogens is 3. The predicted molar refractivity (Wildman–Crippen MR) is 69.2 cm³/mol. The standard InChI is InChI=1S/C12H13BrFN3O/c1-7(9-3-5-10(14)6-4-9)17-11(8(2)18)15-12(13)16-17/h3-5,7,10H,6H2,1-2H3. The van der Waals surface area contributed by atoms with E-state index < -0.39 is 6.17 Å². The van der Waals surface area contributed by atoms with Crippen LogP contribution in [-0.2, 0) is 0 Å². The fraction of sp³-hybridized carbons (Fsp3) is 0.417. The van der Waals surface area contributed by atoms with Gasteiger partial charge in [0.05, 0.1) is 6.04 Å². The van der Waals surface area contributed by atoms with Crippen molar-refractivity contribution in [2.75, 3.05) is 0 Å². The van der Waals surface area contributed by atoms with E-state index >= 15 is 0 Å². The number of hydrogen-bond acceptors (Lipinski definition) is 3. The Morgan fingerprint density at radius 1 is 1.67 bits per heavy atom. The molecule has 0 radical (unpaired) electrons. The number of halogens is 2. The first-order chi connectivity index (χ1) is 8.49. The number of carbonyl (C=O) groups is 1. The molecule has 2 unspecified atom stereocenters. The van der Waals surface area contributed by atoms with Gasteiger partial charge in [-0.2, -0.15) is 4.98 Å². The molecule has 2 atom stereocenters. The Morgan fingerprint density at radius 2 is 2.39 bits per heavy atom. The van der Waals surface area contributed by atoms with Crippen LogP contribution >= 0.6 is 15.9 Å².